The molecule has 4 nitrogen and oxygen atoms in total. The highest BCUT2D eigenvalue weighted by molar-refractivity contribution is 5.82. The highest BCUT2D eigenvalue weighted by Gasteiger charge is 2.13. The fourth-order valence-electron chi connectivity index (χ4n) is 2.54. The Hall–Kier alpha value is -2.20. The maximum Gasteiger partial charge on any atom is 0.0749 e. The zero-order chi connectivity index (χ0) is 14.8. The Morgan fingerprint density at radius 3 is 2.71 bits per heavy atom. The summed E-state index contributed by atoms with van der Waals surface area (Å²) in [6, 6.07) is 12.5. The Morgan fingerprint density at radius 2 is 1.95 bits per heavy atom. The van der Waals surface area contributed by atoms with Crippen LogP contribution in [-0.2, 0) is 6.42 Å². The molecule has 2 N–H and O–H groups in total. The van der Waals surface area contributed by atoms with E-state index >= 15 is 0 Å². The molecule has 1 unspecified atom stereocenters. The summed E-state index contributed by atoms with van der Waals surface area (Å²) in [5, 5.41) is 5.69. The van der Waals surface area contributed by atoms with Gasteiger partial charge in [-0.25, -0.2) is 0 Å². The van der Waals surface area contributed by atoms with Gasteiger partial charge >= 0.3 is 0 Å². The summed E-state index contributed by atoms with van der Waals surface area (Å²) in [5.74, 6) is 0. The largest absolute Gasteiger partial charge is 0.324 e. The van der Waals surface area contributed by atoms with Crippen molar-refractivity contribution >= 4 is 10.9 Å². The maximum absolute atomic E-state index is 6.39. The first kappa shape index (κ1) is 13.8. The molecule has 2 aromatic heterocycles. The summed E-state index contributed by atoms with van der Waals surface area (Å²) in [5.41, 5.74) is 9.47. The van der Waals surface area contributed by atoms with Gasteiger partial charge in [-0.15, -0.1) is 0 Å². The van der Waals surface area contributed by atoms with E-state index in [1.807, 2.05) is 35.3 Å². The number of hydrogen-bond acceptors (Lipinski definition) is 3. The van der Waals surface area contributed by atoms with E-state index in [0.717, 1.165) is 28.6 Å². The predicted octanol–water partition coefficient (Wildman–Crippen LogP) is 3.25. The average molecular weight is 280 g/mol. The van der Waals surface area contributed by atoms with Crippen molar-refractivity contribution in [1.29, 1.82) is 0 Å². The number of para-hydroxylation sites is 1. The Kier molecular flexibility index (Phi) is 3.71. The second kappa shape index (κ2) is 5.66. The lowest BCUT2D eigenvalue weighted by atomic mass is 10.00. The molecule has 0 aliphatic heterocycles. The zero-order valence-corrected chi connectivity index (χ0v) is 12.4. The van der Waals surface area contributed by atoms with Crippen molar-refractivity contribution in [3.8, 4) is 0 Å². The van der Waals surface area contributed by atoms with E-state index in [4.69, 9.17) is 5.73 Å². The molecule has 1 aromatic carbocycles. The minimum atomic E-state index is -0.0980. The van der Waals surface area contributed by atoms with Gasteiger partial charge in [0.05, 0.1) is 11.2 Å². The minimum Gasteiger partial charge on any atom is -0.324 e. The molecule has 4 heteroatoms. The van der Waals surface area contributed by atoms with Gasteiger partial charge < -0.3 is 5.73 Å². The van der Waals surface area contributed by atoms with Gasteiger partial charge in [0.25, 0.3) is 0 Å². The number of benzene rings is 1. The Morgan fingerprint density at radius 1 is 1.14 bits per heavy atom. The molecule has 0 saturated carbocycles. The molecule has 108 valence electrons. The molecule has 0 spiro atoms. The van der Waals surface area contributed by atoms with Crippen LogP contribution in [0.4, 0.5) is 0 Å². The van der Waals surface area contributed by atoms with Crippen molar-refractivity contribution in [3.63, 3.8) is 0 Å². The van der Waals surface area contributed by atoms with Crippen molar-refractivity contribution < 1.29 is 0 Å². The van der Waals surface area contributed by atoms with Crippen LogP contribution in [0.25, 0.3) is 10.9 Å². The molecule has 3 aromatic rings. The number of rotatable bonds is 4. The molecule has 3 rings (SSSR count). The van der Waals surface area contributed by atoms with Gasteiger partial charge in [0.15, 0.2) is 0 Å². The van der Waals surface area contributed by atoms with E-state index in [-0.39, 0.29) is 6.04 Å². The smallest absolute Gasteiger partial charge is 0.0749 e. The normalized spacial score (nSPS) is 13.0. The monoisotopic (exact) mass is 280 g/mol. The van der Waals surface area contributed by atoms with Crippen molar-refractivity contribution in [1.82, 2.24) is 14.8 Å². The van der Waals surface area contributed by atoms with Gasteiger partial charge in [-0.2, -0.15) is 5.10 Å². The van der Waals surface area contributed by atoms with Crippen LogP contribution in [0.2, 0.25) is 0 Å². The molecule has 0 fully saturated rings. The molecular weight excluding hydrogens is 260 g/mol. The number of fused-ring (bicyclic) bond motifs is 1. The van der Waals surface area contributed by atoms with Crippen LogP contribution in [0.1, 0.15) is 37.2 Å². The van der Waals surface area contributed by atoms with Crippen LogP contribution in [0.3, 0.4) is 0 Å². The third kappa shape index (κ3) is 2.81. The number of aromatic nitrogens is 3. The molecule has 2 heterocycles. The van der Waals surface area contributed by atoms with Gasteiger partial charge in [0.2, 0.25) is 0 Å². The zero-order valence-electron chi connectivity index (χ0n) is 12.4. The Labute approximate surface area is 124 Å². The van der Waals surface area contributed by atoms with Crippen molar-refractivity contribution in [2.45, 2.75) is 32.4 Å². The Bertz CT molecular complexity index is 740. The van der Waals surface area contributed by atoms with Gasteiger partial charge in [0.1, 0.15) is 0 Å². The second-order valence-electron chi connectivity index (χ2n) is 5.61. The first-order valence-corrected chi connectivity index (χ1v) is 7.28. The van der Waals surface area contributed by atoms with Gasteiger partial charge in [-0.1, -0.05) is 24.3 Å². The topological polar surface area (TPSA) is 56.7 Å². The molecular formula is C17H20N4. The number of pyridine rings is 1. The fraction of sp³-hybridized carbons (Fsp3) is 0.294. The third-order valence-corrected chi connectivity index (χ3v) is 3.69. The van der Waals surface area contributed by atoms with E-state index in [9.17, 15) is 0 Å². The van der Waals surface area contributed by atoms with Crippen LogP contribution in [0, 0.1) is 0 Å². The Balaban J connectivity index is 1.88. The summed E-state index contributed by atoms with van der Waals surface area (Å²) >= 11 is 0. The molecule has 0 radical (unpaired) electrons. The van der Waals surface area contributed by atoms with E-state index in [1.54, 1.807) is 0 Å². The number of nitrogens with two attached hydrogens (primary N) is 1. The standard InChI is InChI=1S/C17H20N4/c1-12(2)21-10-8-14(20-21)11-16(18)15-7-3-5-13-6-4-9-19-17(13)15/h3-10,12,16H,11,18H2,1-2H3. The van der Waals surface area contributed by atoms with Crippen LogP contribution in [-0.4, -0.2) is 14.8 Å². The van der Waals surface area contributed by atoms with E-state index < -0.39 is 0 Å². The predicted molar refractivity (Wildman–Crippen MR) is 85.0 cm³/mol. The average Bonchev–Trinajstić information content (AvgIpc) is 2.95. The molecule has 21 heavy (non-hydrogen) atoms. The van der Waals surface area contributed by atoms with Crippen LogP contribution in [0.5, 0.6) is 0 Å². The van der Waals surface area contributed by atoms with Crippen LogP contribution < -0.4 is 5.73 Å². The lowest BCUT2D eigenvalue weighted by Gasteiger charge is -2.13. The first-order chi connectivity index (χ1) is 10.1. The SMILES string of the molecule is CC(C)n1ccc(CC(N)c2cccc3cccnc23)n1. The highest BCUT2D eigenvalue weighted by atomic mass is 15.3. The van der Waals surface area contributed by atoms with E-state index in [0.29, 0.717) is 6.04 Å². The van der Waals surface area contributed by atoms with Crippen molar-refractivity contribution in [3.05, 3.63) is 60.0 Å². The summed E-state index contributed by atoms with van der Waals surface area (Å²) in [6.45, 7) is 4.23. The molecule has 0 amide bonds. The third-order valence-electron chi connectivity index (χ3n) is 3.69. The van der Waals surface area contributed by atoms with E-state index in [2.05, 4.69) is 42.1 Å². The molecule has 0 saturated heterocycles. The lowest BCUT2D eigenvalue weighted by molar-refractivity contribution is 0.523. The summed E-state index contributed by atoms with van der Waals surface area (Å²) < 4.78 is 1.96. The van der Waals surface area contributed by atoms with Crippen LogP contribution >= 0.6 is 0 Å². The minimum absolute atomic E-state index is 0.0980. The summed E-state index contributed by atoms with van der Waals surface area (Å²) in [6.07, 6.45) is 4.54. The number of hydrogen-bond donors (Lipinski definition) is 1. The van der Waals surface area contributed by atoms with E-state index in [1.165, 1.54) is 0 Å². The van der Waals surface area contributed by atoms with Crippen molar-refractivity contribution in [2.24, 2.45) is 5.73 Å². The fourth-order valence-corrected chi connectivity index (χ4v) is 2.54. The molecule has 1 atom stereocenters. The first-order valence-electron chi connectivity index (χ1n) is 7.28. The molecule has 0 aliphatic carbocycles. The second-order valence-corrected chi connectivity index (χ2v) is 5.61. The maximum atomic E-state index is 6.39. The quantitative estimate of drug-likeness (QED) is 0.798. The van der Waals surface area contributed by atoms with Gasteiger partial charge in [-0.05, 0) is 31.5 Å². The molecule has 0 aliphatic rings. The van der Waals surface area contributed by atoms with Gasteiger partial charge in [-0.3, -0.25) is 9.67 Å². The molecule has 0 bridgehead atoms. The lowest BCUT2D eigenvalue weighted by Crippen LogP contribution is -2.15. The summed E-state index contributed by atoms with van der Waals surface area (Å²) in [7, 11) is 0. The van der Waals surface area contributed by atoms with Crippen LogP contribution in [0.15, 0.2) is 48.8 Å². The van der Waals surface area contributed by atoms with Crippen molar-refractivity contribution in [2.75, 3.05) is 0 Å². The number of nitrogens with zero attached hydrogens (tertiary/aromatic N) is 3. The summed E-state index contributed by atoms with van der Waals surface area (Å²) in [4.78, 5) is 4.47. The van der Waals surface area contributed by atoms with Gasteiger partial charge in [0, 0.05) is 36.3 Å². The highest BCUT2D eigenvalue weighted by Crippen LogP contribution is 2.23.